The first kappa shape index (κ1) is 26.2. The highest BCUT2D eigenvalue weighted by Crippen LogP contribution is 2.30. The maximum atomic E-state index is 13.4. The minimum absolute atomic E-state index is 0.0676. The third-order valence-corrected chi connectivity index (χ3v) is 6.88. The van der Waals surface area contributed by atoms with Crippen LogP contribution in [-0.2, 0) is 16.1 Å². The van der Waals surface area contributed by atoms with Gasteiger partial charge in [0.15, 0.2) is 6.29 Å². The Bertz CT molecular complexity index is 1260. The van der Waals surface area contributed by atoms with Crippen molar-refractivity contribution in [3.05, 3.63) is 47.8 Å². The van der Waals surface area contributed by atoms with Gasteiger partial charge in [-0.25, -0.2) is 0 Å². The van der Waals surface area contributed by atoms with Crippen LogP contribution in [0.1, 0.15) is 30.1 Å². The molecular formula is C24H28F3N7O3. The Morgan fingerprint density at radius 3 is 2.49 bits per heavy atom. The number of likely N-dealkylation sites (tertiary alicyclic amines) is 1. The highest BCUT2D eigenvalue weighted by atomic mass is 19.4. The number of piperidine rings is 1. The number of benzene rings is 1. The number of rotatable bonds is 7. The molecule has 4 rings (SSSR count). The number of allylic oxidation sites excluding steroid dienone is 1. The van der Waals surface area contributed by atoms with Crippen molar-refractivity contribution in [3.8, 4) is 0 Å². The summed E-state index contributed by atoms with van der Waals surface area (Å²) in [5.41, 5.74) is 13.2. The predicted molar refractivity (Wildman–Crippen MR) is 130 cm³/mol. The van der Waals surface area contributed by atoms with Gasteiger partial charge in [0, 0.05) is 48.7 Å². The van der Waals surface area contributed by atoms with E-state index < -0.39 is 29.9 Å². The summed E-state index contributed by atoms with van der Waals surface area (Å²) in [5, 5.41) is 1.83. The van der Waals surface area contributed by atoms with Crippen LogP contribution in [-0.4, -0.2) is 64.0 Å². The predicted octanol–water partition coefficient (Wildman–Crippen LogP) is 1.72. The van der Waals surface area contributed by atoms with Crippen molar-refractivity contribution < 1.29 is 27.6 Å². The molecule has 2 aliphatic heterocycles. The van der Waals surface area contributed by atoms with Crippen LogP contribution in [0.3, 0.4) is 0 Å². The van der Waals surface area contributed by atoms with Gasteiger partial charge in [0.25, 0.3) is 5.91 Å². The Morgan fingerprint density at radius 1 is 1.16 bits per heavy atom. The largest absolute Gasteiger partial charge is 0.419 e. The van der Waals surface area contributed by atoms with Gasteiger partial charge in [-0.3, -0.25) is 34.7 Å². The number of carbonyl (C=O) groups excluding carboxylic acids is 3. The number of amides is 3. The van der Waals surface area contributed by atoms with E-state index >= 15 is 0 Å². The molecule has 1 fully saturated rings. The fourth-order valence-electron chi connectivity index (χ4n) is 4.67. The van der Waals surface area contributed by atoms with Crippen molar-refractivity contribution >= 4 is 34.8 Å². The monoisotopic (exact) mass is 519 g/mol. The second-order valence-corrected chi connectivity index (χ2v) is 9.29. The summed E-state index contributed by atoms with van der Waals surface area (Å²) in [7, 11) is 0. The van der Waals surface area contributed by atoms with Gasteiger partial charge in [-0.2, -0.15) is 13.2 Å². The summed E-state index contributed by atoms with van der Waals surface area (Å²) >= 11 is 0. The number of hydrogen-bond acceptors (Lipinski definition) is 6. The normalized spacial score (nSPS) is 20.1. The lowest BCUT2D eigenvalue weighted by atomic mass is 9.85. The van der Waals surface area contributed by atoms with Crippen LogP contribution in [0, 0.1) is 11.8 Å². The molecule has 3 amide bonds. The number of nitrogens with zero attached hydrogens (tertiary/aromatic N) is 4. The van der Waals surface area contributed by atoms with Gasteiger partial charge in [0.1, 0.15) is 6.54 Å². The zero-order valence-corrected chi connectivity index (χ0v) is 20.1. The van der Waals surface area contributed by atoms with E-state index in [0.717, 1.165) is 22.8 Å². The summed E-state index contributed by atoms with van der Waals surface area (Å²) in [4.78, 5) is 42.0. The Hall–Kier alpha value is -3.87. The SMILES string of the molecule is CC(C(N)=O)C1CCN(C2N=CC(C(F)(F)F)=CN2NC(=O)Cn2ccc3ccc(C(N)=O)cc32)CC1. The number of aliphatic imine (C=N–C) groups is 1. The summed E-state index contributed by atoms with van der Waals surface area (Å²) < 4.78 is 41.8. The zero-order valence-electron chi connectivity index (χ0n) is 20.1. The number of nitrogens with two attached hydrogens (primary N) is 2. The molecule has 0 bridgehead atoms. The zero-order chi connectivity index (χ0) is 26.9. The number of fused-ring (bicyclic) bond motifs is 1. The molecule has 3 heterocycles. The van der Waals surface area contributed by atoms with Crippen LogP contribution in [0.15, 0.2) is 47.2 Å². The van der Waals surface area contributed by atoms with Crippen LogP contribution >= 0.6 is 0 Å². The number of halogens is 3. The number of hydrogen-bond donors (Lipinski definition) is 3. The van der Waals surface area contributed by atoms with Crippen LogP contribution in [0.25, 0.3) is 10.9 Å². The molecule has 0 aliphatic carbocycles. The average Bonchev–Trinajstić information content (AvgIpc) is 3.24. The molecule has 37 heavy (non-hydrogen) atoms. The Labute approximate surface area is 210 Å². The fourth-order valence-corrected chi connectivity index (χ4v) is 4.67. The summed E-state index contributed by atoms with van der Waals surface area (Å²) in [5.74, 6) is -1.83. The van der Waals surface area contributed by atoms with Crippen LogP contribution in [0.4, 0.5) is 13.2 Å². The molecule has 0 saturated carbocycles. The smallest absolute Gasteiger partial charge is 0.369 e. The summed E-state index contributed by atoms with van der Waals surface area (Å²) in [6.45, 7) is 2.48. The number of nitrogens with one attached hydrogen (secondary N) is 1. The minimum Gasteiger partial charge on any atom is -0.369 e. The number of hydrazine groups is 1. The maximum absolute atomic E-state index is 13.4. The fraction of sp³-hybridized carbons (Fsp3) is 0.417. The van der Waals surface area contributed by atoms with Crippen molar-refractivity contribution in [1.29, 1.82) is 0 Å². The van der Waals surface area contributed by atoms with Crippen molar-refractivity contribution in [3.63, 3.8) is 0 Å². The van der Waals surface area contributed by atoms with E-state index in [-0.39, 0.29) is 29.9 Å². The highest BCUT2D eigenvalue weighted by molar-refractivity contribution is 5.97. The maximum Gasteiger partial charge on any atom is 0.419 e. The molecule has 5 N–H and O–H groups in total. The Balaban J connectivity index is 1.50. The quantitative estimate of drug-likeness (QED) is 0.511. The summed E-state index contributed by atoms with van der Waals surface area (Å²) in [6.07, 6.45) is -1.08. The molecule has 10 nitrogen and oxygen atoms in total. The van der Waals surface area contributed by atoms with Crippen LogP contribution in [0.5, 0.6) is 0 Å². The molecule has 1 saturated heterocycles. The molecule has 2 aliphatic rings. The number of alkyl halides is 3. The molecule has 2 atom stereocenters. The first-order valence-corrected chi connectivity index (χ1v) is 11.8. The van der Waals surface area contributed by atoms with E-state index in [4.69, 9.17) is 11.5 Å². The van der Waals surface area contributed by atoms with Crippen LogP contribution in [0.2, 0.25) is 0 Å². The van der Waals surface area contributed by atoms with Crippen molar-refractivity contribution in [2.24, 2.45) is 28.3 Å². The standard InChI is InChI=1S/C24H28F3N7O3/c1-14(21(28)36)15-4-7-32(8-5-15)23-30-11-18(24(25,26)27)12-34(23)31-20(35)13-33-9-6-16-2-3-17(22(29)37)10-19(16)33/h2-3,6,9-12,14-15,23H,4-5,7-8,13H2,1H3,(H2,28,36)(H2,29,37)(H,31,35). The molecular weight excluding hydrogens is 491 g/mol. The lowest BCUT2D eigenvalue weighted by Gasteiger charge is -2.42. The van der Waals surface area contributed by atoms with Gasteiger partial charge in [-0.1, -0.05) is 13.0 Å². The van der Waals surface area contributed by atoms with E-state index in [1.807, 2.05) is 4.90 Å². The summed E-state index contributed by atoms with van der Waals surface area (Å²) in [6, 6.07) is 6.57. The second kappa shape index (κ2) is 10.2. The lowest BCUT2D eigenvalue weighted by molar-refractivity contribution is -0.129. The molecule has 0 spiro atoms. The number of aromatic nitrogens is 1. The molecule has 13 heteroatoms. The van der Waals surface area contributed by atoms with E-state index in [1.54, 1.807) is 42.0 Å². The van der Waals surface area contributed by atoms with Crippen LogP contribution < -0.4 is 16.9 Å². The first-order chi connectivity index (χ1) is 17.4. The first-order valence-electron chi connectivity index (χ1n) is 11.8. The van der Waals surface area contributed by atoms with E-state index in [0.29, 0.717) is 31.4 Å². The average molecular weight is 520 g/mol. The molecule has 1 aromatic heterocycles. The van der Waals surface area contributed by atoms with Gasteiger partial charge in [-0.05, 0) is 42.3 Å². The van der Waals surface area contributed by atoms with E-state index in [1.165, 1.54) is 0 Å². The third kappa shape index (κ3) is 5.77. The number of carbonyl (C=O) groups is 3. The third-order valence-electron chi connectivity index (χ3n) is 6.88. The molecule has 2 unspecified atom stereocenters. The molecule has 198 valence electrons. The van der Waals surface area contributed by atoms with Crippen molar-refractivity contribution in [2.45, 2.75) is 38.8 Å². The Morgan fingerprint density at radius 2 is 1.86 bits per heavy atom. The van der Waals surface area contributed by atoms with E-state index in [9.17, 15) is 27.6 Å². The topological polar surface area (TPSA) is 139 Å². The van der Waals surface area contributed by atoms with Gasteiger partial charge in [0.2, 0.25) is 11.8 Å². The highest BCUT2D eigenvalue weighted by Gasteiger charge is 2.39. The van der Waals surface area contributed by atoms with Crippen molar-refractivity contribution in [2.75, 3.05) is 13.1 Å². The molecule has 2 aromatic rings. The van der Waals surface area contributed by atoms with Crippen molar-refractivity contribution in [1.82, 2.24) is 19.9 Å². The molecule has 0 radical (unpaired) electrons. The lowest BCUT2D eigenvalue weighted by Crippen LogP contribution is -2.56. The second-order valence-electron chi connectivity index (χ2n) is 9.29. The van der Waals surface area contributed by atoms with Gasteiger partial charge < -0.3 is 16.0 Å². The van der Waals surface area contributed by atoms with Gasteiger partial charge >= 0.3 is 6.18 Å². The van der Waals surface area contributed by atoms with Gasteiger partial charge in [0.05, 0.1) is 5.57 Å². The van der Waals surface area contributed by atoms with E-state index in [2.05, 4.69) is 10.4 Å². The minimum atomic E-state index is -4.65. The number of primary amides is 2. The molecule has 1 aromatic carbocycles. The van der Waals surface area contributed by atoms with Gasteiger partial charge in [-0.15, -0.1) is 0 Å². The Kier molecular flexibility index (Phi) is 7.25.